The van der Waals surface area contributed by atoms with Crippen LogP contribution in [0.1, 0.15) is 13.8 Å². The van der Waals surface area contributed by atoms with Crippen LogP contribution < -0.4 is 20.4 Å². The predicted octanol–water partition coefficient (Wildman–Crippen LogP) is -1.12. The van der Waals surface area contributed by atoms with Crippen LogP contribution in [0.25, 0.3) is 11.0 Å². The lowest BCUT2D eigenvalue weighted by molar-refractivity contribution is -0.277. The highest BCUT2D eigenvalue weighted by Crippen LogP contribution is 2.35. The van der Waals surface area contributed by atoms with Gasteiger partial charge in [-0.25, -0.2) is 4.79 Å². The van der Waals surface area contributed by atoms with Crippen LogP contribution >= 0.6 is 0 Å². The minimum Gasteiger partial charge on any atom is -0.480 e. The van der Waals surface area contributed by atoms with Crippen molar-refractivity contribution in [2.45, 2.75) is 50.6 Å². The van der Waals surface area contributed by atoms with E-state index in [2.05, 4.69) is 5.32 Å². The van der Waals surface area contributed by atoms with Gasteiger partial charge >= 0.3 is 5.63 Å². The summed E-state index contributed by atoms with van der Waals surface area (Å²) in [5.41, 5.74) is -0.411. The number of nitrogens with one attached hydrogen (secondary N) is 1. The summed E-state index contributed by atoms with van der Waals surface area (Å²) in [6.07, 6.45) is -7.44. The molecule has 11 nitrogen and oxygen atoms in total. The molecule has 1 fully saturated rings. The fourth-order valence-electron chi connectivity index (χ4n) is 3.08. The highest BCUT2D eigenvalue weighted by molar-refractivity contribution is 5.81. The van der Waals surface area contributed by atoms with Crippen molar-refractivity contribution in [3.63, 3.8) is 0 Å². The first-order valence-corrected chi connectivity index (χ1v) is 9.67. The van der Waals surface area contributed by atoms with Gasteiger partial charge in [-0.15, -0.1) is 0 Å². The molecule has 1 aliphatic heterocycles. The molecule has 11 heteroatoms. The van der Waals surface area contributed by atoms with Gasteiger partial charge in [0.15, 0.2) is 18.1 Å². The van der Waals surface area contributed by atoms with E-state index < -0.39 is 48.8 Å². The standard InChI is InChI=1S/C20H25NO10/c1-9(2)21-15(23)8-28-12-6-11-10(3-4-16(24)29-11)5-13(12)30-20-19(27)18(26)17(25)14(7-22)31-20/h3-6,9,14,17-20,22,25-27H,7-8H2,1-2H3,(H,21,23)/t14-,17-,18+,19-,20-/m1/s1. The number of amides is 1. The van der Waals surface area contributed by atoms with Gasteiger partial charge in [0.05, 0.1) is 6.61 Å². The van der Waals surface area contributed by atoms with Gasteiger partial charge in [-0.05, 0) is 26.0 Å². The summed E-state index contributed by atoms with van der Waals surface area (Å²) < 4.78 is 21.7. The molecule has 2 aromatic rings. The fraction of sp³-hybridized carbons (Fsp3) is 0.500. The summed E-state index contributed by atoms with van der Waals surface area (Å²) in [6.45, 7) is 2.59. The molecule has 5 N–H and O–H groups in total. The second-order valence-corrected chi connectivity index (χ2v) is 7.42. The van der Waals surface area contributed by atoms with Crippen molar-refractivity contribution >= 4 is 16.9 Å². The van der Waals surface area contributed by atoms with E-state index in [4.69, 9.17) is 18.6 Å². The molecule has 1 aromatic heterocycles. The summed E-state index contributed by atoms with van der Waals surface area (Å²) >= 11 is 0. The van der Waals surface area contributed by atoms with Crippen LogP contribution in [-0.4, -0.2) is 76.3 Å². The lowest BCUT2D eigenvalue weighted by Crippen LogP contribution is -2.60. The lowest BCUT2D eigenvalue weighted by atomic mass is 9.99. The second kappa shape index (κ2) is 9.62. The van der Waals surface area contributed by atoms with Crippen molar-refractivity contribution < 1.29 is 43.8 Å². The summed E-state index contributed by atoms with van der Waals surface area (Å²) in [7, 11) is 0. The highest BCUT2D eigenvalue weighted by Gasteiger charge is 2.45. The Morgan fingerprint density at radius 2 is 1.87 bits per heavy atom. The Labute approximate surface area is 176 Å². The third-order valence-electron chi connectivity index (χ3n) is 4.59. The molecule has 0 radical (unpaired) electrons. The van der Waals surface area contributed by atoms with Crippen molar-refractivity contribution in [1.29, 1.82) is 0 Å². The van der Waals surface area contributed by atoms with Crippen LogP contribution in [0, 0.1) is 0 Å². The minimum absolute atomic E-state index is 0.0118. The van der Waals surface area contributed by atoms with Gasteiger partial charge in [0, 0.05) is 23.6 Å². The normalized spacial score (nSPS) is 26.1. The van der Waals surface area contributed by atoms with Gasteiger partial charge in [0.1, 0.15) is 30.0 Å². The number of carbonyl (C=O) groups excluding carboxylic acids is 1. The lowest BCUT2D eigenvalue weighted by Gasteiger charge is -2.39. The number of ether oxygens (including phenoxy) is 3. The van der Waals surface area contributed by atoms with Crippen LogP contribution in [0.5, 0.6) is 11.5 Å². The van der Waals surface area contributed by atoms with Crippen molar-refractivity contribution in [3.05, 3.63) is 34.7 Å². The Morgan fingerprint density at radius 3 is 2.55 bits per heavy atom. The fourth-order valence-corrected chi connectivity index (χ4v) is 3.08. The number of benzene rings is 1. The quantitative estimate of drug-likeness (QED) is 0.333. The van der Waals surface area contributed by atoms with Crippen LogP contribution in [-0.2, 0) is 9.53 Å². The van der Waals surface area contributed by atoms with E-state index in [1.165, 1.54) is 24.3 Å². The van der Waals surface area contributed by atoms with E-state index in [1.54, 1.807) is 13.8 Å². The van der Waals surface area contributed by atoms with E-state index in [0.29, 0.717) is 5.39 Å². The van der Waals surface area contributed by atoms with Crippen LogP contribution in [0.2, 0.25) is 0 Å². The SMILES string of the molecule is CC(C)NC(=O)COc1cc2oc(=O)ccc2cc1O[C@@H]1O[C@H](CO)[C@@H](O)[C@H](O)[C@H]1O. The number of hydrogen-bond donors (Lipinski definition) is 5. The molecule has 31 heavy (non-hydrogen) atoms. The molecule has 0 bridgehead atoms. The zero-order valence-corrected chi connectivity index (χ0v) is 16.9. The number of hydrogen-bond acceptors (Lipinski definition) is 10. The molecule has 1 aliphatic rings. The first-order chi connectivity index (χ1) is 14.7. The van der Waals surface area contributed by atoms with Gasteiger partial charge in [-0.2, -0.15) is 0 Å². The summed E-state index contributed by atoms with van der Waals surface area (Å²) in [5, 5.41) is 42.6. The third kappa shape index (κ3) is 5.32. The topological polar surface area (TPSA) is 168 Å². The third-order valence-corrected chi connectivity index (χ3v) is 4.59. The molecular formula is C20H25NO10. The van der Waals surface area contributed by atoms with Gasteiger partial charge in [-0.3, -0.25) is 4.79 Å². The molecule has 5 atom stereocenters. The number of aliphatic hydroxyl groups is 4. The van der Waals surface area contributed by atoms with Crippen LogP contribution in [0.3, 0.4) is 0 Å². The highest BCUT2D eigenvalue weighted by atomic mass is 16.7. The number of rotatable bonds is 7. The van der Waals surface area contributed by atoms with Gasteiger partial charge in [0.2, 0.25) is 6.29 Å². The predicted molar refractivity (Wildman–Crippen MR) is 106 cm³/mol. The zero-order chi connectivity index (χ0) is 22.7. The maximum absolute atomic E-state index is 12.0. The summed E-state index contributed by atoms with van der Waals surface area (Å²) in [5.74, 6) is -0.371. The monoisotopic (exact) mass is 439 g/mol. The molecule has 1 aromatic carbocycles. The molecule has 3 rings (SSSR count). The molecule has 1 amide bonds. The van der Waals surface area contributed by atoms with Crippen LogP contribution in [0.4, 0.5) is 0 Å². The molecular weight excluding hydrogens is 414 g/mol. The Balaban J connectivity index is 1.90. The van der Waals surface area contributed by atoms with Crippen molar-refractivity contribution in [1.82, 2.24) is 5.32 Å². The average molecular weight is 439 g/mol. The Bertz CT molecular complexity index is 972. The molecule has 0 spiro atoms. The smallest absolute Gasteiger partial charge is 0.336 e. The van der Waals surface area contributed by atoms with Crippen molar-refractivity contribution in [3.8, 4) is 11.5 Å². The molecule has 170 valence electrons. The van der Waals surface area contributed by atoms with E-state index in [-0.39, 0.29) is 29.7 Å². The van der Waals surface area contributed by atoms with Crippen molar-refractivity contribution in [2.75, 3.05) is 13.2 Å². The van der Waals surface area contributed by atoms with E-state index in [0.717, 1.165) is 0 Å². The van der Waals surface area contributed by atoms with Gasteiger partial charge < -0.3 is 44.4 Å². The number of carbonyl (C=O) groups is 1. The molecule has 2 heterocycles. The molecule has 0 unspecified atom stereocenters. The Hall–Kier alpha value is -2.70. The van der Waals surface area contributed by atoms with Gasteiger partial charge in [-0.1, -0.05) is 0 Å². The Morgan fingerprint density at radius 1 is 1.13 bits per heavy atom. The minimum atomic E-state index is -1.64. The summed E-state index contributed by atoms with van der Waals surface area (Å²) in [4.78, 5) is 23.5. The maximum Gasteiger partial charge on any atom is 0.336 e. The first kappa shape index (κ1) is 23.0. The van der Waals surface area contributed by atoms with Crippen molar-refractivity contribution in [2.24, 2.45) is 0 Å². The zero-order valence-electron chi connectivity index (χ0n) is 16.9. The van der Waals surface area contributed by atoms with E-state index in [9.17, 15) is 30.0 Å². The maximum atomic E-state index is 12.0. The first-order valence-electron chi connectivity index (χ1n) is 9.67. The Kier molecular flexibility index (Phi) is 7.13. The largest absolute Gasteiger partial charge is 0.480 e. The molecule has 0 aliphatic carbocycles. The summed E-state index contributed by atoms with van der Waals surface area (Å²) in [6, 6.07) is 5.37. The van der Waals surface area contributed by atoms with Gasteiger partial charge in [0.25, 0.3) is 5.91 Å². The number of aliphatic hydroxyl groups excluding tert-OH is 4. The average Bonchev–Trinajstić information content (AvgIpc) is 2.72. The van der Waals surface area contributed by atoms with E-state index in [1.807, 2.05) is 0 Å². The van der Waals surface area contributed by atoms with E-state index >= 15 is 0 Å². The number of fused-ring (bicyclic) bond motifs is 1. The second-order valence-electron chi connectivity index (χ2n) is 7.42. The molecule has 1 saturated heterocycles. The molecule has 0 saturated carbocycles. The van der Waals surface area contributed by atoms with Crippen LogP contribution in [0.15, 0.2) is 33.5 Å².